The molecule has 1 N–H and O–H groups in total. The van der Waals surface area contributed by atoms with Gasteiger partial charge >= 0.3 is 6.09 Å². The summed E-state index contributed by atoms with van der Waals surface area (Å²) >= 11 is 0. The lowest BCUT2D eigenvalue weighted by Gasteiger charge is -2.30. The Bertz CT molecular complexity index is 246. The van der Waals surface area contributed by atoms with Crippen molar-refractivity contribution in [2.45, 2.75) is 25.9 Å². The first-order valence-electron chi connectivity index (χ1n) is 5.10. The lowest BCUT2D eigenvalue weighted by molar-refractivity contribution is -0.133. The summed E-state index contributed by atoms with van der Waals surface area (Å²) in [6.07, 6.45) is -0.0652. The van der Waals surface area contributed by atoms with Crippen LogP contribution in [0.15, 0.2) is 0 Å². The lowest BCUT2D eigenvalue weighted by atomic mass is 9.90. The molecule has 0 bridgehead atoms. The summed E-state index contributed by atoms with van der Waals surface area (Å²) in [6, 6.07) is 0. The average Bonchev–Trinajstić information content (AvgIpc) is 2.27. The molecule has 0 aromatic carbocycles. The van der Waals surface area contributed by atoms with Crippen molar-refractivity contribution < 1.29 is 19.4 Å². The summed E-state index contributed by atoms with van der Waals surface area (Å²) in [6.45, 7) is 2.62. The zero-order chi connectivity index (χ0) is 11.4. The first-order chi connectivity index (χ1) is 7.06. The maximum atomic E-state index is 11.7. The Morgan fingerprint density at radius 3 is 2.33 bits per heavy atom. The summed E-state index contributed by atoms with van der Waals surface area (Å²) in [5.41, 5.74) is 0. The number of carboxylic acid groups (broad SMARTS) is 1. The van der Waals surface area contributed by atoms with Crippen LogP contribution in [0, 0.1) is 5.92 Å². The molecule has 1 aliphatic rings. The molecule has 1 fully saturated rings. The van der Waals surface area contributed by atoms with Gasteiger partial charge in [-0.3, -0.25) is 4.79 Å². The van der Waals surface area contributed by atoms with Gasteiger partial charge in [-0.2, -0.15) is 0 Å². The van der Waals surface area contributed by atoms with E-state index in [9.17, 15) is 9.59 Å². The number of hydrogen-bond acceptors (Lipinski definition) is 3. The normalized spacial score (nSPS) is 20.0. The third-order valence-electron chi connectivity index (χ3n) is 2.92. The van der Waals surface area contributed by atoms with Crippen molar-refractivity contribution >= 4 is 11.9 Å². The molecule has 5 nitrogen and oxygen atoms in total. The SMILES string of the molecule is COC(C)C(=O)C1CCN(C(=O)O)CC1. The highest BCUT2D eigenvalue weighted by molar-refractivity contribution is 5.85. The minimum Gasteiger partial charge on any atom is -0.465 e. The number of rotatable bonds is 3. The highest BCUT2D eigenvalue weighted by Gasteiger charge is 2.29. The molecule has 0 aromatic heterocycles. The van der Waals surface area contributed by atoms with Gasteiger partial charge in [0.1, 0.15) is 6.10 Å². The topological polar surface area (TPSA) is 66.8 Å². The largest absolute Gasteiger partial charge is 0.465 e. The van der Waals surface area contributed by atoms with Gasteiger partial charge in [0.25, 0.3) is 0 Å². The molecule has 1 aliphatic heterocycles. The molecule has 0 aliphatic carbocycles. The first-order valence-corrected chi connectivity index (χ1v) is 5.10. The molecule has 0 spiro atoms. The quantitative estimate of drug-likeness (QED) is 0.762. The maximum Gasteiger partial charge on any atom is 0.407 e. The van der Waals surface area contributed by atoms with E-state index in [1.54, 1.807) is 6.92 Å². The third-order valence-corrected chi connectivity index (χ3v) is 2.92. The zero-order valence-corrected chi connectivity index (χ0v) is 9.10. The van der Waals surface area contributed by atoms with Crippen molar-refractivity contribution in [3.05, 3.63) is 0 Å². The lowest BCUT2D eigenvalue weighted by Crippen LogP contribution is -2.41. The second-order valence-electron chi connectivity index (χ2n) is 3.82. The molecule has 15 heavy (non-hydrogen) atoms. The molecule has 1 amide bonds. The molecule has 1 rings (SSSR count). The number of piperidine rings is 1. The molecule has 0 radical (unpaired) electrons. The molecule has 1 heterocycles. The van der Waals surface area contributed by atoms with Crippen LogP contribution in [0.4, 0.5) is 4.79 Å². The van der Waals surface area contributed by atoms with Gasteiger partial charge in [-0.25, -0.2) is 4.79 Å². The van der Waals surface area contributed by atoms with E-state index in [0.717, 1.165) is 0 Å². The molecule has 5 heteroatoms. The number of Topliss-reactive ketones (excluding diaryl/α,β-unsaturated/α-hetero) is 1. The van der Waals surface area contributed by atoms with Gasteiger partial charge in [0.05, 0.1) is 0 Å². The van der Waals surface area contributed by atoms with Gasteiger partial charge in [-0.05, 0) is 19.8 Å². The van der Waals surface area contributed by atoms with E-state index in [0.29, 0.717) is 25.9 Å². The van der Waals surface area contributed by atoms with Crippen LogP contribution in [0.5, 0.6) is 0 Å². The Hall–Kier alpha value is -1.10. The summed E-state index contributed by atoms with van der Waals surface area (Å²) in [7, 11) is 1.51. The predicted octanol–water partition coefficient (Wildman–Crippen LogP) is 0.980. The Morgan fingerprint density at radius 2 is 1.93 bits per heavy atom. The standard InChI is InChI=1S/C10H17NO4/c1-7(15-2)9(12)8-3-5-11(6-4-8)10(13)14/h7-8H,3-6H2,1-2H3,(H,13,14). The number of hydrogen-bond donors (Lipinski definition) is 1. The van der Waals surface area contributed by atoms with Crippen LogP contribution >= 0.6 is 0 Å². The van der Waals surface area contributed by atoms with Gasteiger partial charge < -0.3 is 14.7 Å². The number of amides is 1. The van der Waals surface area contributed by atoms with Crippen LogP contribution < -0.4 is 0 Å². The van der Waals surface area contributed by atoms with E-state index in [4.69, 9.17) is 9.84 Å². The Labute approximate surface area is 89.0 Å². The molecular weight excluding hydrogens is 198 g/mol. The molecule has 0 saturated carbocycles. The molecule has 0 aromatic rings. The maximum absolute atomic E-state index is 11.7. The van der Waals surface area contributed by atoms with Crippen molar-refractivity contribution in [1.29, 1.82) is 0 Å². The van der Waals surface area contributed by atoms with Crippen molar-refractivity contribution in [2.24, 2.45) is 5.92 Å². The molecule has 1 atom stereocenters. The monoisotopic (exact) mass is 215 g/mol. The second-order valence-corrected chi connectivity index (χ2v) is 3.82. The van der Waals surface area contributed by atoms with Crippen molar-refractivity contribution in [3.8, 4) is 0 Å². The van der Waals surface area contributed by atoms with Gasteiger partial charge in [0.2, 0.25) is 0 Å². The fraction of sp³-hybridized carbons (Fsp3) is 0.800. The predicted molar refractivity (Wildman–Crippen MR) is 53.8 cm³/mol. The molecule has 86 valence electrons. The van der Waals surface area contributed by atoms with E-state index >= 15 is 0 Å². The summed E-state index contributed by atoms with van der Waals surface area (Å²) in [5, 5.41) is 8.73. The van der Waals surface area contributed by atoms with Crippen molar-refractivity contribution in [3.63, 3.8) is 0 Å². The highest BCUT2D eigenvalue weighted by atomic mass is 16.5. The summed E-state index contributed by atoms with van der Waals surface area (Å²) in [5.74, 6) is 0.0399. The van der Waals surface area contributed by atoms with Gasteiger partial charge in [-0.1, -0.05) is 0 Å². The number of methoxy groups -OCH3 is 1. The van der Waals surface area contributed by atoms with Crippen molar-refractivity contribution in [1.82, 2.24) is 4.90 Å². The second kappa shape index (κ2) is 5.11. The third kappa shape index (κ3) is 2.92. The van der Waals surface area contributed by atoms with Crippen LogP contribution in [0.3, 0.4) is 0 Å². The Morgan fingerprint density at radius 1 is 1.40 bits per heavy atom. The summed E-state index contributed by atoms with van der Waals surface area (Å²) < 4.78 is 4.96. The van der Waals surface area contributed by atoms with E-state index in [2.05, 4.69) is 0 Å². The fourth-order valence-corrected chi connectivity index (χ4v) is 1.80. The number of ketones is 1. The fourth-order valence-electron chi connectivity index (χ4n) is 1.80. The molecular formula is C10H17NO4. The molecule has 1 saturated heterocycles. The minimum atomic E-state index is -0.902. The number of likely N-dealkylation sites (tertiary alicyclic amines) is 1. The van der Waals surface area contributed by atoms with Crippen LogP contribution in [-0.2, 0) is 9.53 Å². The Balaban J connectivity index is 2.43. The van der Waals surface area contributed by atoms with E-state index < -0.39 is 6.09 Å². The van der Waals surface area contributed by atoms with E-state index in [1.807, 2.05) is 0 Å². The number of nitrogens with zero attached hydrogens (tertiary/aromatic N) is 1. The van der Waals surface area contributed by atoms with Crippen molar-refractivity contribution in [2.75, 3.05) is 20.2 Å². The number of ether oxygens (including phenoxy) is 1. The number of carbonyl (C=O) groups excluding carboxylic acids is 1. The van der Waals surface area contributed by atoms with E-state index in [-0.39, 0.29) is 17.8 Å². The number of carbonyl (C=O) groups is 2. The van der Waals surface area contributed by atoms with Gasteiger partial charge in [0.15, 0.2) is 5.78 Å². The Kier molecular flexibility index (Phi) is 4.08. The molecule has 1 unspecified atom stereocenters. The smallest absolute Gasteiger partial charge is 0.407 e. The van der Waals surface area contributed by atoms with Gasteiger partial charge in [-0.15, -0.1) is 0 Å². The van der Waals surface area contributed by atoms with Crippen LogP contribution in [0.1, 0.15) is 19.8 Å². The van der Waals surface area contributed by atoms with E-state index in [1.165, 1.54) is 12.0 Å². The van der Waals surface area contributed by atoms with Crippen LogP contribution in [-0.4, -0.2) is 48.2 Å². The minimum absolute atomic E-state index is 0.0458. The van der Waals surface area contributed by atoms with Gasteiger partial charge in [0, 0.05) is 26.1 Å². The first kappa shape index (κ1) is 12.0. The van der Waals surface area contributed by atoms with Crippen LogP contribution in [0.2, 0.25) is 0 Å². The van der Waals surface area contributed by atoms with Crippen LogP contribution in [0.25, 0.3) is 0 Å². The zero-order valence-electron chi connectivity index (χ0n) is 9.10. The highest BCUT2D eigenvalue weighted by Crippen LogP contribution is 2.20. The summed E-state index contributed by atoms with van der Waals surface area (Å²) in [4.78, 5) is 23.7. The average molecular weight is 215 g/mol.